The first kappa shape index (κ1) is 19.2. The van der Waals surface area contributed by atoms with Crippen LogP contribution in [-0.2, 0) is 0 Å². The van der Waals surface area contributed by atoms with Gasteiger partial charge in [-0.15, -0.1) is 0 Å². The molecule has 0 N–H and O–H groups in total. The molecule has 1 atom stereocenters. The molecule has 1 aliphatic rings. The van der Waals surface area contributed by atoms with Crippen molar-refractivity contribution in [1.82, 2.24) is 15.0 Å². The van der Waals surface area contributed by atoms with Crippen LogP contribution in [0, 0.1) is 0 Å². The minimum atomic E-state index is -0.197. The van der Waals surface area contributed by atoms with Crippen molar-refractivity contribution < 1.29 is 18.8 Å². The molecule has 0 radical (unpaired) electrons. The fraction of sp³-hybridized carbons (Fsp3) is 0.500. The smallest absolute Gasteiger partial charge is 0.254 e. The van der Waals surface area contributed by atoms with Crippen LogP contribution in [0.2, 0.25) is 0 Å². The molecule has 2 aromatic rings. The average Bonchev–Trinajstić information content (AvgIpc) is 3.23. The SMILES string of the molecule is COc1cc(C(=O)N(C)[C@H](C)c2ccon2)ccc1OC1CCN(C)CC1. The summed E-state index contributed by atoms with van der Waals surface area (Å²) in [5.74, 6) is 1.13. The van der Waals surface area contributed by atoms with E-state index >= 15 is 0 Å². The van der Waals surface area contributed by atoms with Gasteiger partial charge in [-0.2, -0.15) is 0 Å². The standard InChI is InChI=1S/C20H27N3O4/c1-14(17-9-12-26-21-17)23(3)20(24)15-5-6-18(19(13-15)25-4)27-16-7-10-22(2)11-8-16/h5-6,9,12-14,16H,7-8,10-11H2,1-4H3/t14-/m1/s1. The second-order valence-corrected chi connectivity index (χ2v) is 7.00. The number of amides is 1. The predicted molar refractivity (Wildman–Crippen MR) is 101 cm³/mol. The van der Waals surface area contributed by atoms with Gasteiger partial charge >= 0.3 is 0 Å². The number of carbonyl (C=O) groups excluding carboxylic acids is 1. The van der Waals surface area contributed by atoms with Gasteiger partial charge in [-0.05, 0) is 45.0 Å². The van der Waals surface area contributed by atoms with E-state index in [0.717, 1.165) is 25.9 Å². The van der Waals surface area contributed by atoms with Crippen LogP contribution >= 0.6 is 0 Å². The maximum atomic E-state index is 12.9. The van der Waals surface area contributed by atoms with Gasteiger partial charge in [0.2, 0.25) is 0 Å². The largest absolute Gasteiger partial charge is 0.493 e. The maximum absolute atomic E-state index is 12.9. The number of likely N-dealkylation sites (tertiary alicyclic amines) is 1. The second-order valence-electron chi connectivity index (χ2n) is 7.00. The molecule has 1 fully saturated rings. The van der Waals surface area contributed by atoms with Crippen LogP contribution in [0.15, 0.2) is 35.1 Å². The molecule has 146 valence electrons. The van der Waals surface area contributed by atoms with Crippen molar-refractivity contribution in [2.24, 2.45) is 0 Å². The van der Waals surface area contributed by atoms with Crippen molar-refractivity contribution in [3.63, 3.8) is 0 Å². The van der Waals surface area contributed by atoms with E-state index in [1.54, 1.807) is 37.3 Å². The van der Waals surface area contributed by atoms with E-state index in [4.69, 9.17) is 14.0 Å². The van der Waals surface area contributed by atoms with Gasteiger partial charge < -0.3 is 23.8 Å². The summed E-state index contributed by atoms with van der Waals surface area (Å²) in [5.41, 5.74) is 1.25. The van der Waals surface area contributed by atoms with E-state index < -0.39 is 0 Å². The normalized spacial score (nSPS) is 16.7. The van der Waals surface area contributed by atoms with E-state index in [-0.39, 0.29) is 18.1 Å². The fourth-order valence-corrected chi connectivity index (χ4v) is 3.20. The summed E-state index contributed by atoms with van der Waals surface area (Å²) in [6, 6.07) is 6.89. The second kappa shape index (κ2) is 8.43. The molecule has 1 aromatic carbocycles. The average molecular weight is 373 g/mol. The molecule has 2 heterocycles. The molecule has 3 rings (SSSR count). The highest BCUT2D eigenvalue weighted by Gasteiger charge is 2.23. The van der Waals surface area contributed by atoms with Gasteiger partial charge in [0.1, 0.15) is 18.1 Å². The predicted octanol–water partition coefficient (Wildman–Crippen LogP) is 2.99. The number of piperidine rings is 1. The molecule has 1 saturated heterocycles. The Balaban J connectivity index is 1.72. The first-order chi connectivity index (χ1) is 13.0. The van der Waals surface area contributed by atoms with Gasteiger partial charge in [-0.3, -0.25) is 4.79 Å². The zero-order chi connectivity index (χ0) is 19.4. The van der Waals surface area contributed by atoms with Gasteiger partial charge in [0.15, 0.2) is 11.5 Å². The molecule has 1 amide bonds. The van der Waals surface area contributed by atoms with Crippen molar-refractivity contribution >= 4 is 5.91 Å². The summed E-state index contributed by atoms with van der Waals surface area (Å²) in [6.45, 7) is 3.95. The molecule has 27 heavy (non-hydrogen) atoms. The van der Waals surface area contributed by atoms with Crippen molar-refractivity contribution in [3.8, 4) is 11.5 Å². The minimum absolute atomic E-state index is 0.116. The lowest BCUT2D eigenvalue weighted by Crippen LogP contribution is -2.35. The topological polar surface area (TPSA) is 68.0 Å². The lowest BCUT2D eigenvalue weighted by Gasteiger charge is -2.29. The first-order valence-electron chi connectivity index (χ1n) is 9.20. The molecule has 0 spiro atoms. The number of hydrogen-bond acceptors (Lipinski definition) is 6. The molecule has 0 bridgehead atoms. The Morgan fingerprint density at radius 2 is 2.04 bits per heavy atom. The number of nitrogens with zero attached hydrogens (tertiary/aromatic N) is 3. The quantitative estimate of drug-likeness (QED) is 0.775. The van der Waals surface area contributed by atoms with Gasteiger partial charge in [0, 0.05) is 31.8 Å². The molecular formula is C20H27N3O4. The van der Waals surface area contributed by atoms with Crippen LogP contribution < -0.4 is 9.47 Å². The number of hydrogen-bond donors (Lipinski definition) is 0. The van der Waals surface area contributed by atoms with Crippen LogP contribution in [0.4, 0.5) is 0 Å². The number of carbonyl (C=O) groups is 1. The first-order valence-corrected chi connectivity index (χ1v) is 9.20. The Labute approximate surface area is 159 Å². The summed E-state index contributed by atoms with van der Waals surface area (Å²) < 4.78 is 16.5. The fourth-order valence-electron chi connectivity index (χ4n) is 3.20. The Bertz CT molecular complexity index is 755. The van der Waals surface area contributed by atoms with Crippen LogP contribution in [0.3, 0.4) is 0 Å². The summed E-state index contributed by atoms with van der Waals surface area (Å²) in [6.07, 6.45) is 3.64. The third kappa shape index (κ3) is 4.42. The molecule has 1 aromatic heterocycles. The van der Waals surface area contributed by atoms with Crippen molar-refractivity contribution in [2.75, 3.05) is 34.3 Å². The van der Waals surface area contributed by atoms with Crippen molar-refractivity contribution in [1.29, 1.82) is 0 Å². The van der Waals surface area contributed by atoms with Gasteiger partial charge in [-0.25, -0.2) is 0 Å². The Kier molecular flexibility index (Phi) is 6.01. The maximum Gasteiger partial charge on any atom is 0.254 e. The van der Waals surface area contributed by atoms with Crippen LogP contribution in [0.5, 0.6) is 11.5 Å². The minimum Gasteiger partial charge on any atom is -0.493 e. The van der Waals surface area contributed by atoms with Crippen molar-refractivity contribution in [3.05, 3.63) is 41.8 Å². The molecule has 0 saturated carbocycles. The zero-order valence-electron chi connectivity index (χ0n) is 16.3. The molecule has 7 nitrogen and oxygen atoms in total. The highest BCUT2D eigenvalue weighted by Crippen LogP contribution is 2.31. The zero-order valence-corrected chi connectivity index (χ0v) is 16.3. The Hall–Kier alpha value is -2.54. The van der Waals surface area contributed by atoms with Crippen LogP contribution in [-0.4, -0.2) is 61.3 Å². The number of aromatic nitrogens is 1. The summed E-state index contributed by atoms with van der Waals surface area (Å²) in [4.78, 5) is 16.8. The summed E-state index contributed by atoms with van der Waals surface area (Å²) in [5, 5.41) is 3.91. The molecular weight excluding hydrogens is 346 g/mol. The number of benzene rings is 1. The lowest BCUT2D eigenvalue weighted by atomic mass is 10.1. The van der Waals surface area contributed by atoms with Gasteiger partial charge in [0.25, 0.3) is 5.91 Å². The van der Waals surface area contributed by atoms with E-state index in [0.29, 0.717) is 22.8 Å². The Morgan fingerprint density at radius 3 is 2.67 bits per heavy atom. The van der Waals surface area contributed by atoms with Gasteiger partial charge in [-0.1, -0.05) is 5.16 Å². The monoisotopic (exact) mass is 373 g/mol. The van der Waals surface area contributed by atoms with E-state index in [1.807, 2.05) is 13.0 Å². The van der Waals surface area contributed by atoms with E-state index in [1.165, 1.54) is 6.26 Å². The van der Waals surface area contributed by atoms with Crippen LogP contribution in [0.25, 0.3) is 0 Å². The number of rotatable bonds is 6. The summed E-state index contributed by atoms with van der Waals surface area (Å²) in [7, 11) is 5.46. The van der Waals surface area contributed by atoms with Gasteiger partial charge in [0.05, 0.1) is 13.2 Å². The number of ether oxygens (including phenoxy) is 2. The third-order valence-electron chi connectivity index (χ3n) is 5.16. The highest BCUT2D eigenvalue weighted by atomic mass is 16.5. The molecule has 0 aliphatic carbocycles. The van der Waals surface area contributed by atoms with E-state index in [2.05, 4.69) is 17.1 Å². The molecule has 1 aliphatic heterocycles. The molecule has 0 unspecified atom stereocenters. The number of methoxy groups -OCH3 is 1. The lowest BCUT2D eigenvalue weighted by molar-refractivity contribution is 0.0737. The highest BCUT2D eigenvalue weighted by molar-refractivity contribution is 5.95. The Morgan fingerprint density at radius 1 is 1.30 bits per heavy atom. The van der Waals surface area contributed by atoms with Crippen molar-refractivity contribution in [2.45, 2.75) is 31.9 Å². The third-order valence-corrected chi connectivity index (χ3v) is 5.16. The summed E-state index contributed by atoms with van der Waals surface area (Å²) >= 11 is 0. The molecule has 7 heteroatoms. The van der Waals surface area contributed by atoms with E-state index in [9.17, 15) is 4.79 Å². The van der Waals surface area contributed by atoms with Crippen LogP contribution in [0.1, 0.15) is 41.9 Å².